The average molecular weight is 244 g/mol. The van der Waals surface area contributed by atoms with E-state index in [1.54, 1.807) is 6.07 Å². The number of benzene rings is 1. The van der Waals surface area contributed by atoms with Crippen molar-refractivity contribution in [1.29, 1.82) is 0 Å². The minimum Gasteiger partial charge on any atom is -0.490 e. The summed E-state index contributed by atoms with van der Waals surface area (Å²) in [6.45, 7) is 0.146. The van der Waals surface area contributed by atoms with Gasteiger partial charge in [0.15, 0.2) is 0 Å². The predicted molar refractivity (Wildman–Crippen MR) is 57.2 cm³/mol. The molecule has 1 saturated heterocycles. The quantitative estimate of drug-likeness (QED) is 0.720. The molecular weight excluding hydrogens is 230 g/mol. The summed E-state index contributed by atoms with van der Waals surface area (Å²) in [7, 11) is 0. The lowest BCUT2D eigenvalue weighted by atomic mass is 10.1. The second-order valence-electron chi connectivity index (χ2n) is 3.95. The molecule has 0 spiro atoms. The van der Waals surface area contributed by atoms with Gasteiger partial charge < -0.3 is 14.2 Å². The first-order valence-electron chi connectivity index (χ1n) is 5.39. The maximum Gasteiger partial charge on any atom is 0.345 e. The third-order valence-corrected chi connectivity index (χ3v) is 2.41. The molecule has 3 nitrogen and oxygen atoms in total. The largest absolute Gasteiger partial charge is 0.490 e. The Bertz CT molecular complexity index is 378. The van der Waals surface area contributed by atoms with Crippen LogP contribution < -0.4 is 4.74 Å². The normalized spacial score (nSPS) is 18.5. The van der Waals surface area contributed by atoms with Crippen LogP contribution in [0.1, 0.15) is 11.1 Å². The number of hydrogen-bond donors (Lipinski definition) is 0. The standard InChI is InChI=1S/C12H14F2O3/c1-8-2-3-9(5-17-12(13)14)11(4-8)16-7-10-6-15-10/h2-4,10,12H,5-7H2,1H3/t10-/m0/s1. The number of hydrogen-bond acceptors (Lipinski definition) is 3. The van der Waals surface area contributed by atoms with Crippen molar-refractivity contribution in [1.82, 2.24) is 0 Å². The van der Waals surface area contributed by atoms with Crippen LogP contribution in [0.15, 0.2) is 18.2 Å². The third-order valence-electron chi connectivity index (χ3n) is 2.41. The number of rotatable bonds is 6. The molecule has 1 heterocycles. The molecular formula is C12H14F2O3. The van der Waals surface area contributed by atoms with E-state index < -0.39 is 6.61 Å². The highest BCUT2D eigenvalue weighted by molar-refractivity contribution is 5.36. The highest BCUT2D eigenvalue weighted by atomic mass is 19.3. The number of alkyl halides is 2. The Hall–Kier alpha value is -1.20. The summed E-state index contributed by atoms with van der Waals surface area (Å²) in [4.78, 5) is 0. The molecule has 0 aliphatic carbocycles. The van der Waals surface area contributed by atoms with Gasteiger partial charge in [0.25, 0.3) is 0 Å². The first kappa shape index (κ1) is 12.3. The van der Waals surface area contributed by atoms with Crippen LogP contribution in [0, 0.1) is 6.92 Å². The van der Waals surface area contributed by atoms with E-state index >= 15 is 0 Å². The van der Waals surface area contributed by atoms with Crippen LogP contribution in [-0.4, -0.2) is 25.9 Å². The monoisotopic (exact) mass is 244 g/mol. The second-order valence-corrected chi connectivity index (χ2v) is 3.95. The van der Waals surface area contributed by atoms with E-state index in [0.717, 1.165) is 5.56 Å². The predicted octanol–water partition coefficient (Wildman–Crippen LogP) is 2.51. The molecule has 2 rings (SSSR count). The van der Waals surface area contributed by atoms with E-state index in [4.69, 9.17) is 9.47 Å². The van der Waals surface area contributed by atoms with Crippen molar-refractivity contribution in [2.45, 2.75) is 26.2 Å². The van der Waals surface area contributed by atoms with Crippen LogP contribution in [-0.2, 0) is 16.1 Å². The molecule has 0 aromatic heterocycles. The van der Waals surface area contributed by atoms with Crippen LogP contribution in [0.5, 0.6) is 5.75 Å². The van der Waals surface area contributed by atoms with E-state index in [-0.39, 0.29) is 12.7 Å². The summed E-state index contributed by atoms with van der Waals surface area (Å²) < 4.78 is 38.8. The number of aryl methyl sites for hydroxylation is 1. The van der Waals surface area contributed by atoms with E-state index in [1.165, 1.54) is 0 Å². The molecule has 1 aliphatic heterocycles. The molecule has 1 fully saturated rings. The topological polar surface area (TPSA) is 31.0 Å². The lowest BCUT2D eigenvalue weighted by Crippen LogP contribution is -2.07. The van der Waals surface area contributed by atoms with Crippen LogP contribution >= 0.6 is 0 Å². The fourth-order valence-electron chi connectivity index (χ4n) is 1.42. The maximum absolute atomic E-state index is 12.0. The molecule has 1 aromatic carbocycles. The van der Waals surface area contributed by atoms with Gasteiger partial charge in [-0.2, -0.15) is 8.78 Å². The molecule has 1 atom stereocenters. The molecule has 0 bridgehead atoms. The number of ether oxygens (including phenoxy) is 3. The lowest BCUT2D eigenvalue weighted by Gasteiger charge is -2.11. The first-order chi connectivity index (χ1) is 8.15. The molecule has 0 radical (unpaired) electrons. The highest BCUT2D eigenvalue weighted by Crippen LogP contribution is 2.23. The van der Waals surface area contributed by atoms with Gasteiger partial charge in [-0.3, -0.25) is 0 Å². The summed E-state index contributed by atoms with van der Waals surface area (Å²) in [5.41, 5.74) is 1.63. The number of halogens is 2. The molecule has 1 aliphatic rings. The molecule has 5 heteroatoms. The highest BCUT2D eigenvalue weighted by Gasteiger charge is 2.23. The van der Waals surface area contributed by atoms with Crippen LogP contribution in [0.25, 0.3) is 0 Å². The summed E-state index contributed by atoms with van der Waals surface area (Å²) in [6.07, 6.45) is 0.138. The Kier molecular flexibility index (Phi) is 3.91. The summed E-state index contributed by atoms with van der Waals surface area (Å²) in [5, 5.41) is 0. The van der Waals surface area contributed by atoms with Crippen molar-refractivity contribution in [3.05, 3.63) is 29.3 Å². The molecule has 0 saturated carbocycles. The van der Waals surface area contributed by atoms with Crippen molar-refractivity contribution in [2.75, 3.05) is 13.2 Å². The summed E-state index contributed by atoms with van der Waals surface area (Å²) in [6, 6.07) is 5.39. The van der Waals surface area contributed by atoms with Gasteiger partial charge in [-0.25, -0.2) is 0 Å². The zero-order chi connectivity index (χ0) is 12.3. The first-order valence-corrected chi connectivity index (χ1v) is 5.39. The van der Waals surface area contributed by atoms with Crippen LogP contribution in [0.2, 0.25) is 0 Å². The SMILES string of the molecule is Cc1ccc(COC(F)F)c(OC[C@@H]2CO2)c1. The van der Waals surface area contributed by atoms with Gasteiger partial charge in [0.05, 0.1) is 13.2 Å². The average Bonchev–Trinajstić information content (AvgIpc) is 3.08. The maximum atomic E-state index is 12.0. The minimum absolute atomic E-state index is 0.138. The van der Waals surface area contributed by atoms with Crippen molar-refractivity contribution < 1.29 is 23.0 Å². The number of epoxide rings is 1. The van der Waals surface area contributed by atoms with Gasteiger partial charge >= 0.3 is 6.61 Å². The van der Waals surface area contributed by atoms with Crippen molar-refractivity contribution in [3.63, 3.8) is 0 Å². The van der Waals surface area contributed by atoms with Crippen molar-refractivity contribution in [2.24, 2.45) is 0 Å². The zero-order valence-corrected chi connectivity index (χ0v) is 9.49. The molecule has 0 N–H and O–H groups in total. The van der Waals surface area contributed by atoms with Gasteiger partial charge in [-0.1, -0.05) is 12.1 Å². The Labute approximate surface area is 98.3 Å². The molecule has 0 amide bonds. The van der Waals surface area contributed by atoms with Crippen molar-refractivity contribution in [3.8, 4) is 5.75 Å². The van der Waals surface area contributed by atoms with Crippen molar-refractivity contribution >= 4 is 0 Å². The minimum atomic E-state index is -2.77. The Morgan fingerprint density at radius 1 is 1.47 bits per heavy atom. The summed E-state index contributed by atoms with van der Waals surface area (Å²) in [5.74, 6) is 0.584. The van der Waals surface area contributed by atoms with Crippen LogP contribution in [0.4, 0.5) is 8.78 Å². The van der Waals surface area contributed by atoms with Gasteiger partial charge in [-0.15, -0.1) is 0 Å². The third kappa shape index (κ3) is 3.94. The lowest BCUT2D eigenvalue weighted by molar-refractivity contribution is -0.137. The van der Waals surface area contributed by atoms with E-state index in [1.807, 2.05) is 19.1 Å². The van der Waals surface area contributed by atoms with E-state index in [2.05, 4.69) is 4.74 Å². The van der Waals surface area contributed by atoms with Gasteiger partial charge in [-0.05, 0) is 18.6 Å². The second kappa shape index (κ2) is 5.42. The molecule has 1 aromatic rings. The van der Waals surface area contributed by atoms with Crippen LogP contribution in [0.3, 0.4) is 0 Å². The van der Waals surface area contributed by atoms with Gasteiger partial charge in [0.2, 0.25) is 0 Å². The Balaban J connectivity index is 2.00. The molecule has 0 unspecified atom stereocenters. The summed E-state index contributed by atoms with van der Waals surface area (Å²) >= 11 is 0. The van der Waals surface area contributed by atoms with E-state index in [0.29, 0.717) is 24.5 Å². The van der Waals surface area contributed by atoms with Gasteiger partial charge in [0.1, 0.15) is 18.5 Å². The fraction of sp³-hybridized carbons (Fsp3) is 0.500. The smallest absolute Gasteiger partial charge is 0.345 e. The Morgan fingerprint density at radius 2 is 2.24 bits per heavy atom. The van der Waals surface area contributed by atoms with Gasteiger partial charge in [0, 0.05) is 5.56 Å². The Morgan fingerprint density at radius 3 is 2.88 bits per heavy atom. The molecule has 17 heavy (non-hydrogen) atoms. The molecule has 94 valence electrons. The fourth-order valence-corrected chi connectivity index (χ4v) is 1.42. The zero-order valence-electron chi connectivity index (χ0n) is 9.49. The van der Waals surface area contributed by atoms with E-state index in [9.17, 15) is 8.78 Å².